The smallest absolute Gasteiger partial charge is 0.266 e. The first-order valence-corrected chi connectivity index (χ1v) is 9.60. The normalized spacial score (nSPS) is 14.2. The molecule has 0 amide bonds. The lowest BCUT2D eigenvalue weighted by molar-refractivity contribution is 0.122. The van der Waals surface area contributed by atoms with Crippen LogP contribution in [0.15, 0.2) is 35.4 Å². The first-order chi connectivity index (χ1) is 14.1. The fourth-order valence-corrected chi connectivity index (χ4v) is 3.27. The van der Waals surface area contributed by atoms with Gasteiger partial charge in [-0.1, -0.05) is 0 Å². The second-order valence-electron chi connectivity index (χ2n) is 6.88. The highest BCUT2D eigenvalue weighted by atomic mass is 16.5. The third-order valence-corrected chi connectivity index (χ3v) is 4.70. The summed E-state index contributed by atoms with van der Waals surface area (Å²) in [5, 5.41) is 12.1. The van der Waals surface area contributed by atoms with Crippen molar-refractivity contribution in [2.24, 2.45) is 0 Å². The Balaban J connectivity index is 1.42. The van der Waals surface area contributed by atoms with E-state index < -0.39 is 0 Å². The molecule has 10 nitrogen and oxygen atoms in total. The molecule has 0 saturated carbocycles. The average Bonchev–Trinajstić information content (AvgIpc) is 3.08. The predicted octanol–water partition coefficient (Wildman–Crippen LogP) is 0.785. The van der Waals surface area contributed by atoms with Crippen LogP contribution in [0, 0.1) is 13.8 Å². The van der Waals surface area contributed by atoms with Gasteiger partial charge in [-0.3, -0.25) is 4.79 Å². The quantitative estimate of drug-likeness (QED) is 0.652. The molecule has 4 rings (SSSR count). The van der Waals surface area contributed by atoms with Crippen molar-refractivity contribution >= 4 is 11.6 Å². The number of nitrogens with one attached hydrogen (secondary N) is 1. The Morgan fingerprint density at radius 3 is 2.66 bits per heavy atom. The second kappa shape index (κ2) is 8.39. The van der Waals surface area contributed by atoms with Crippen molar-refractivity contribution in [3.05, 3.63) is 52.3 Å². The molecule has 3 aromatic heterocycles. The summed E-state index contributed by atoms with van der Waals surface area (Å²) in [5.74, 6) is 2.20. The Labute approximate surface area is 168 Å². The lowest BCUT2D eigenvalue weighted by Gasteiger charge is -2.27. The maximum Gasteiger partial charge on any atom is 0.266 e. The maximum absolute atomic E-state index is 12.2. The van der Waals surface area contributed by atoms with Gasteiger partial charge in [-0.05, 0) is 26.0 Å². The molecule has 0 unspecified atom stereocenters. The molecular formula is C19H24N8O2. The molecule has 0 bridgehead atoms. The molecule has 29 heavy (non-hydrogen) atoms. The average molecular weight is 396 g/mol. The number of aryl methyl sites for hydroxylation is 2. The van der Waals surface area contributed by atoms with Crippen molar-refractivity contribution in [1.29, 1.82) is 0 Å². The molecule has 10 heteroatoms. The van der Waals surface area contributed by atoms with Crippen molar-refractivity contribution in [3.8, 4) is 5.82 Å². The summed E-state index contributed by atoms with van der Waals surface area (Å²) in [6, 6.07) is 7.08. The van der Waals surface area contributed by atoms with E-state index in [0.717, 1.165) is 30.3 Å². The minimum absolute atomic E-state index is 0.159. The molecular weight excluding hydrogens is 372 g/mol. The highest BCUT2D eigenvalue weighted by molar-refractivity contribution is 5.48. The van der Waals surface area contributed by atoms with Gasteiger partial charge in [0.25, 0.3) is 5.56 Å². The van der Waals surface area contributed by atoms with E-state index >= 15 is 0 Å². The Kier molecular flexibility index (Phi) is 5.52. The van der Waals surface area contributed by atoms with Gasteiger partial charge in [-0.2, -0.15) is 5.10 Å². The van der Waals surface area contributed by atoms with Crippen LogP contribution in [0.4, 0.5) is 11.6 Å². The summed E-state index contributed by atoms with van der Waals surface area (Å²) in [6.45, 7) is 7.83. The number of anilines is 2. The van der Waals surface area contributed by atoms with Gasteiger partial charge in [0.2, 0.25) is 0 Å². The van der Waals surface area contributed by atoms with Crippen molar-refractivity contribution < 1.29 is 4.74 Å². The summed E-state index contributed by atoms with van der Waals surface area (Å²) in [4.78, 5) is 23.0. The van der Waals surface area contributed by atoms with Crippen LogP contribution >= 0.6 is 0 Å². The summed E-state index contributed by atoms with van der Waals surface area (Å²) in [6.07, 6.45) is 1.54. The highest BCUT2D eigenvalue weighted by Gasteiger charge is 2.13. The first-order valence-electron chi connectivity index (χ1n) is 9.60. The number of rotatable bonds is 6. The number of nitrogens with zero attached hydrogens (tertiary/aromatic N) is 7. The maximum atomic E-state index is 12.2. The lowest BCUT2D eigenvalue weighted by atomic mass is 10.4. The molecule has 0 atom stereocenters. The third-order valence-electron chi connectivity index (χ3n) is 4.70. The minimum atomic E-state index is -0.159. The zero-order valence-electron chi connectivity index (χ0n) is 16.6. The molecule has 0 spiro atoms. The molecule has 1 fully saturated rings. The van der Waals surface area contributed by atoms with Crippen LogP contribution in [-0.2, 0) is 11.3 Å². The van der Waals surface area contributed by atoms with E-state index in [1.165, 1.54) is 10.7 Å². The molecule has 1 saturated heterocycles. The van der Waals surface area contributed by atoms with Crippen LogP contribution in [0.2, 0.25) is 0 Å². The molecule has 4 heterocycles. The summed E-state index contributed by atoms with van der Waals surface area (Å²) >= 11 is 0. The van der Waals surface area contributed by atoms with Crippen LogP contribution in [0.5, 0.6) is 0 Å². The molecule has 1 aliphatic heterocycles. The summed E-state index contributed by atoms with van der Waals surface area (Å²) < 4.78 is 8.55. The van der Waals surface area contributed by atoms with E-state index in [0.29, 0.717) is 37.9 Å². The Morgan fingerprint density at radius 2 is 1.90 bits per heavy atom. The Hall–Kier alpha value is -3.27. The van der Waals surface area contributed by atoms with Gasteiger partial charge in [0.15, 0.2) is 5.82 Å². The van der Waals surface area contributed by atoms with Crippen LogP contribution in [-0.4, -0.2) is 62.4 Å². The molecule has 0 aromatic carbocycles. The summed E-state index contributed by atoms with van der Waals surface area (Å²) in [7, 11) is 0. The third kappa shape index (κ3) is 4.43. The molecule has 3 aromatic rings. The summed E-state index contributed by atoms with van der Waals surface area (Å²) in [5.41, 5.74) is 1.72. The van der Waals surface area contributed by atoms with Gasteiger partial charge in [-0.15, -0.1) is 5.10 Å². The van der Waals surface area contributed by atoms with Crippen molar-refractivity contribution in [2.45, 2.75) is 20.4 Å². The lowest BCUT2D eigenvalue weighted by Crippen LogP contribution is -2.36. The predicted molar refractivity (Wildman–Crippen MR) is 109 cm³/mol. The topological polar surface area (TPSA) is 103 Å². The van der Waals surface area contributed by atoms with Crippen LogP contribution in [0.3, 0.4) is 0 Å². The number of morpholine rings is 1. The van der Waals surface area contributed by atoms with Gasteiger partial charge in [0.05, 0.1) is 25.5 Å². The SMILES string of the molecule is Cc1cc(C)n(-c2ccc(=O)n(CCNc3cc(N4CCOCC4)ncn3)n2)n1. The van der Waals surface area contributed by atoms with E-state index in [1.54, 1.807) is 17.1 Å². The van der Waals surface area contributed by atoms with E-state index in [-0.39, 0.29) is 5.56 Å². The molecule has 0 aliphatic carbocycles. The van der Waals surface area contributed by atoms with Gasteiger partial charge in [0, 0.05) is 37.5 Å². The standard InChI is InChI=1S/C19H24N8O2/c1-14-11-15(2)27(23-14)17-3-4-19(28)26(24-17)6-5-20-16-12-18(22-13-21-16)25-7-9-29-10-8-25/h3-4,11-13H,5-10H2,1-2H3,(H,20,21,22). The number of hydrogen-bond donors (Lipinski definition) is 1. The number of hydrogen-bond acceptors (Lipinski definition) is 8. The van der Waals surface area contributed by atoms with E-state index in [4.69, 9.17) is 4.74 Å². The molecule has 0 radical (unpaired) electrons. The Bertz CT molecular complexity index is 1040. The van der Waals surface area contributed by atoms with E-state index in [9.17, 15) is 4.79 Å². The van der Waals surface area contributed by atoms with Crippen molar-refractivity contribution in [3.63, 3.8) is 0 Å². The number of aromatic nitrogens is 6. The van der Waals surface area contributed by atoms with Gasteiger partial charge < -0.3 is 15.0 Å². The molecule has 1 aliphatic rings. The minimum Gasteiger partial charge on any atom is -0.378 e. The zero-order valence-corrected chi connectivity index (χ0v) is 16.6. The van der Waals surface area contributed by atoms with Gasteiger partial charge in [-0.25, -0.2) is 19.3 Å². The molecule has 152 valence electrons. The molecule has 1 N–H and O–H groups in total. The fourth-order valence-electron chi connectivity index (χ4n) is 3.27. The van der Waals surface area contributed by atoms with Gasteiger partial charge in [0.1, 0.15) is 18.0 Å². The van der Waals surface area contributed by atoms with Crippen molar-refractivity contribution in [1.82, 2.24) is 29.5 Å². The van der Waals surface area contributed by atoms with Crippen LogP contribution < -0.4 is 15.8 Å². The Morgan fingerprint density at radius 1 is 1.07 bits per heavy atom. The van der Waals surface area contributed by atoms with Crippen LogP contribution in [0.1, 0.15) is 11.4 Å². The van der Waals surface area contributed by atoms with E-state index in [1.807, 2.05) is 26.0 Å². The van der Waals surface area contributed by atoms with Crippen molar-refractivity contribution in [2.75, 3.05) is 43.1 Å². The first kappa shape index (κ1) is 19.1. The highest BCUT2D eigenvalue weighted by Crippen LogP contribution is 2.15. The fraction of sp³-hybridized carbons (Fsp3) is 0.421. The monoisotopic (exact) mass is 396 g/mol. The number of ether oxygens (including phenoxy) is 1. The zero-order chi connectivity index (χ0) is 20.2. The van der Waals surface area contributed by atoms with Gasteiger partial charge >= 0.3 is 0 Å². The second-order valence-corrected chi connectivity index (χ2v) is 6.88. The van der Waals surface area contributed by atoms with E-state index in [2.05, 4.69) is 30.4 Å². The van der Waals surface area contributed by atoms with Crippen LogP contribution in [0.25, 0.3) is 5.82 Å². The largest absolute Gasteiger partial charge is 0.378 e.